The van der Waals surface area contributed by atoms with E-state index in [2.05, 4.69) is 29.4 Å². The number of rotatable bonds is 5. The van der Waals surface area contributed by atoms with Crippen LogP contribution in [0.25, 0.3) is 0 Å². The normalized spacial score (nSPS) is 22.3. The Kier molecular flexibility index (Phi) is 4.71. The monoisotopic (exact) mass is 334 g/mol. The summed E-state index contributed by atoms with van der Waals surface area (Å²) in [7, 11) is 0. The van der Waals surface area contributed by atoms with E-state index in [4.69, 9.17) is 12.2 Å². The third-order valence-corrected chi connectivity index (χ3v) is 5.35. The molecule has 1 aromatic rings. The number of allylic oxidation sites excluding steroid dienone is 1. The second kappa shape index (κ2) is 6.59. The summed E-state index contributed by atoms with van der Waals surface area (Å²) in [6, 6.07) is 0. The van der Waals surface area contributed by atoms with Crippen LogP contribution in [0.1, 0.15) is 64.1 Å². The third-order valence-electron chi connectivity index (χ3n) is 5.04. The molecule has 1 amide bonds. The van der Waals surface area contributed by atoms with Crippen molar-refractivity contribution in [3.05, 3.63) is 22.2 Å². The topological polar surface area (TPSA) is 62.7 Å². The molecule has 2 N–H and O–H groups in total. The van der Waals surface area contributed by atoms with Crippen LogP contribution in [-0.4, -0.2) is 27.2 Å². The first-order valence-corrected chi connectivity index (χ1v) is 9.02. The molecule has 6 heteroatoms. The van der Waals surface area contributed by atoms with E-state index in [9.17, 15) is 4.79 Å². The van der Waals surface area contributed by atoms with Gasteiger partial charge in [-0.15, -0.1) is 0 Å². The van der Waals surface area contributed by atoms with Crippen LogP contribution in [0, 0.1) is 10.2 Å². The first kappa shape index (κ1) is 16.4. The van der Waals surface area contributed by atoms with Gasteiger partial charge in [-0.25, -0.2) is 0 Å². The summed E-state index contributed by atoms with van der Waals surface area (Å²) in [6.07, 6.45) is 8.85. The lowest BCUT2D eigenvalue weighted by Crippen LogP contribution is -2.28. The van der Waals surface area contributed by atoms with Crippen molar-refractivity contribution in [2.45, 2.75) is 64.8 Å². The molecule has 0 unspecified atom stereocenters. The maximum absolute atomic E-state index is 12.2. The number of nitrogens with one attached hydrogen (secondary N) is 2. The minimum absolute atomic E-state index is 0.0120. The number of carbonyl (C=O) groups excluding carboxylic acids is 1. The van der Waals surface area contributed by atoms with Crippen molar-refractivity contribution >= 4 is 18.1 Å². The number of nitrogens with zero attached hydrogens (tertiary/aromatic N) is 2. The molecule has 2 aliphatic carbocycles. The molecular formula is C17H26N4OS. The molecule has 1 heterocycles. The van der Waals surface area contributed by atoms with Gasteiger partial charge < -0.3 is 9.88 Å². The van der Waals surface area contributed by atoms with Crippen LogP contribution < -0.4 is 5.32 Å². The molecule has 1 aromatic heterocycles. The molecule has 0 aliphatic heterocycles. The van der Waals surface area contributed by atoms with Gasteiger partial charge in [-0.3, -0.25) is 9.89 Å². The molecule has 0 aromatic carbocycles. The van der Waals surface area contributed by atoms with Crippen molar-refractivity contribution in [2.75, 3.05) is 6.54 Å². The maximum Gasteiger partial charge on any atom is 0.244 e. The number of hydrogen-bond donors (Lipinski definition) is 2. The van der Waals surface area contributed by atoms with E-state index in [0.29, 0.717) is 23.8 Å². The van der Waals surface area contributed by atoms with Crippen LogP contribution in [0.4, 0.5) is 0 Å². The van der Waals surface area contributed by atoms with Crippen LogP contribution in [0.3, 0.4) is 0 Å². The Hall–Kier alpha value is -1.43. The Bertz CT molecular complexity index is 666. The molecule has 0 radical (unpaired) electrons. The van der Waals surface area contributed by atoms with Gasteiger partial charge in [0.2, 0.25) is 5.91 Å². The molecule has 0 spiro atoms. The lowest BCUT2D eigenvalue weighted by Gasteiger charge is -2.32. The fourth-order valence-corrected chi connectivity index (χ4v) is 3.58. The van der Waals surface area contributed by atoms with Gasteiger partial charge in [0, 0.05) is 25.1 Å². The number of amides is 1. The summed E-state index contributed by atoms with van der Waals surface area (Å²) >= 11 is 5.28. The van der Waals surface area contributed by atoms with E-state index >= 15 is 0 Å². The number of aromatic nitrogens is 3. The summed E-state index contributed by atoms with van der Waals surface area (Å²) in [5.41, 5.74) is 1.43. The fraction of sp³-hybridized carbons (Fsp3) is 0.706. The zero-order valence-electron chi connectivity index (χ0n) is 14.0. The maximum atomic E-state index is 12.2. The number of H-pyrrole nitrogens is 1. The smallest absolute Gasteiger partial charge is 0.244 e. The molecule has 3 rings (SSSR count). The standard InChI is InChI=1S/C17H26N4OS/c1-17(2)8-4-3-5-13(17)11-14(22)18-9-10-21-15(12-6-7-12)19-20-16(21)23/h11-12H,3-10H2,1-2H3,(H,18,22)(H,20,23)/b13-11+. The molecule has 0 bridgehead atoms. The molecule has 0 atom stereocenters. The Morgan fingerprint density at radius 2 is 2.26 bits per heavy atom. The Morgan fingerprint density at radius 1 is 1.48 bits per heavy atom. The summed E-state index contributed by atoms with van der Waals surface area (Å²) in [4.78, 5) is 12.2. The van der Waals surface area contributed by atoms with Crippen LogP contribution >= 0.6 is 12.2 Å². The lowest BCUT2D eigenvalue weighted by molar-refractivity contribution is -0.116. The van der Waals surface area contributed by atoms with Gasteiger partial charge in [-0.1, -0.05) is 25.8 Å². The molecule has 2 fully saturated rings. The summed E-state index contributed by atoms with van der Waals surface area (Å²) in [6.45, 7) is 5.73. The van der Waals surface area contributed by atoms with Crippen molar-refractivity contribution in [3.8, 4) is 0 Å². The highest BCUT2D eigenvalue weighted by Gasteiger charge is 2.29. The molecular weight excluding hydrogens is 308 g/mol. The highest BCUT2D eigenvalue weighted by atomic mass is 32.1. The third kappa shape index (κ3) is 3.91. The average molecular weight is 334 g/mol. The van der Waals surface area contributed by atoms with E-state index < -0.39 is 0 Å². The van der Waals surface area contributed by atoms with Gasteiger partial charge in [0.1, 0.15) is 5.82 Å². The van der Waals surface area contributed by atoms with E-state index in [-0.39, 0.29) is 11.3 Å². The Labute approximate surface area is 142 Å². The van der Waals surface area contributed by atoms with Crippen LogP contribution in [0.15, 0.2) is 11.6 Å². The average Bonchev–Trinajstić information content (AvgIpc) is 3.27. The van der Waals surface area contributed by atoms with E-state index in [1.807, 2.05) is 10.6 Å². The predicted molar refractivity (Wildman–Crippen MR) is 92.7 cm³/mol. The fourth-order valence-electron chi connectivity index (χ4n) is 3.35. The number of hydrogen-bond acceptors (Lipinski definition) is 3. The highest BCUT2D eigenvalue weighted by molar-refractivity contribution is 7.71. The Morgan fingerprint density at radius 3 is 2.96 bits per heavy atom. The molecule has 5 nitrogen and oxygen atoms in total. The Balaban J connectivity index is 1.55. The second-order valence-corrected chi connectivity index (χ2v) is 7.75. The molecule has 0 saturated heterocycles. The van der Waals surface area contributed by atoms with Crippen molar-refractivity contribution in [2.24, 2.45) is 5.41 Å². The van der Waals surface area contributed by atoms with Gasteiger partial charge in [-0.2, -0.15) is 5.10 Å². The first-order chi connectivity index (χ1) is 11.0. The summed E-state index contributed by atoms with van der Waals surface area (Å²) in [5.74, 6) is 1.60. The van der Waals surface area contributed by atoms with Gasteiger partial charge in [0.05, 0.1) is 0 Å². The minimum Gasteiger partial charge on any atom is -0.351 e. The predicted octanol–water partition coefficient (Wildman–Crippen LogP) is 3.46. The van der Waals surface area contributed by atoms with Crippen molar-refractivity contribution in [3.63, 3.8) is 0 Å². The van der Waals surface area contributed by atoms with Crippen molar-refractivity contribution in [1.82, 2.24) is 20.1 Å². The van der Waals surface area contributed by atoms with E-state index in [1.165, 1.54) is 37.7 Å². The quantitative estimate of drug-likeness (QED) is 0.640. The second-order valence-electron chi connectivity index (χ2n) is 7.36. The highest BCUT2D eigenvalue weighted by Crippen LogP contribution is 2.40. The van der Waals surface area contributed by atoms with Crippen LogP contribution in [-0.2, 0) is 11.3 Å². The first-order valence-electron chi connectivity index (χ1n) is 8.61. The number of carbonyl (C=O) groups is 1. The lowest BCUT2D eigenvalue weighted by atomic mass is 9.73. The van der Waals surface area contributed by atoms with E-state index in [0.717, 1.165) is 12.2 Å². The molecule has 2 saturated carbocycles. The van der Waals surface area contributed by atoms with Crippen molar-refractivity contribution < 1.29 is 4.79 Å². The zero-order valence-corrected chi connectivity index (χ0v) is 14.8. The number of aromatic amines is 1. The summed E-state index contributed by atoms with van der Waals surface area (Å²) < 4.78 is 2.67. The zero-order chi connectivity index (χ0) is 16.4. The van der Waals surface area contributed by atoms with E-state index in [1.54, 1.807) is 0 Å². The summed E-state index contributed by atoms with van der Waals surface area (Å²) in [5, 5.41) is 10.2. The van der Waals surface area contributed by atoms with Gasteiger partial charge in [0.15, 0.2) is 4.77 Å². The SMILES string of the molecule is CC1(C)CCCC/C1=C\C(=O)NCCn1c(C2CC2)n[nH]c1=S. The van der Waals surface area contributed by atoms with Crippen LogP contribution in [0.2, 0.25) is 0 Å². The largest absolute Gasteiger partial charge is 0.351 e. The van der Waals surface area contributed by atoms with Crippen LogP contribution in [0.5, 0.6) is 0 Å². The van der Waals surface area contributed by atoms with Crippen molar-refractivity contribution in [1.29, 1.82) is 0 Å². The molecule has 2 aliphatic rings. The van der Waals surface area contributed by atoms with Gasteiger partial charge >= 0.3 is 0 Å². The molecule has 126 valence electrons. The van der Waals surface area contributed by atoms with Gasteiger partial charge in [-0.05, 0) is 49.7 Å². The molecule has 23 heavy (non-hydrogen) atoms. The van der Waals surface area contributed by atoms with Gasteiger partial charge in [0.25, 0.3) is 0 Å². The minimum atomic E-state index is 0.0120.